The number of nitrogens with one attached hydrogen (secondary N) is 3. The molecule has 0 radical (unpaired) electrons. The first-order valence-electron chi connectivity index (χ1n) is 12.4. The molecule has 0 aromatic carbocycles. The van der Waals surface area contributed by atoms with E-state index < -0.39 is 0 Å². The van der Waals surface area contributed by atoms with Crippen molar-refractivity contribution in [3.05, 3.63) is 78.0 Å². The number of aromatic amines is 2. The van der Waals surface area contributed by atoms with Gasteiger partial charge in [-0.25, -0.2) is 0 Å². The van der Waals surface area contributed by atoms with Gasteiger partial charge in [-0.2, -0.15) is 5.10 Å². The zero-order valence-electron chi connectivity index (χ0n) is 20.3. The number of fused-ring (bicyclic) bond motifs is 1. The highest BCUT2D eigenvalue weighted by Gasteiger charge is 2.15. The molecule has 0 amide bonds. The van der Waals surface area contributed by atoms with Gasteiger partial charge in [0.25, 0.3) is 0 Å². The Hall–Kier alpha value is -3.93. The molecule has 4 aromatic heterocycles. The van der Waals surface area contributed by atoms with Gasteiger partial charge in [0.15, 0.2) is 0 Å². The molecule has 3 N–H and O–H groups in total. The van der Waals surface area contributed by atoms with Crippen molar-refractivity contribution in [1.82, 2.24) is 25.1 Å². The minimum Gasteiger partial charge on any atom is -0.358 e. The summed E-state index contributed by atoms with van der Waals surface area (Å²) in [4.78, 5) is 12.1. The molecule has 0 saturated heterocycles. The molecule has 4 aromatic rings. The van der Waals surface area contributed by atoms with Crippen LogP contribution in [0, 0.1) is 5.92 Å². The lowest BCUT2D eigenvalue weighted by Gasteiger charge is -2.22. The van der Waals surface area contributed by atoms with Crippen LogP contribution in [0.15, 0.2) is 61.8 Å². The smallest absolute Gasteiger partial charge is 0.116 e. The van der Waals surface area contributed by atoms with Crippen LogP contribution in [0.5, 0.6) is 0 Å². The summed E-state index contributed by atoms with van der Waals surface area (Å²) in [5.74, 6) is 0.742. The second kappa shape index (κ2) is 10.1. The van der Waals surface area contributed by atoms with E-state index in [-0.39, 0.29) is 0 Å². The molecule has 0 spiro atoms. The molecule has 35 heavy (non-hydrogen) atoms. The summed E-state index contributed by atoms with van der Waals surface area (Å²) in [5, 5.41) is 14.2. The molecule has 0 unspecified atom stereocenters. The Kier molecular flexibility index (Phi) is 6.62. The first-order valence-corrected chi connectivity index (χ1v) is 12.4. The van der Waals surface area contributed by atoms with Gasteiger partial charge < -0.3 is 10.3 Å². The van der Waals surface area contributed by atoms with Gasteiger partial charge in [-0.05, 0) is 49.1 Å². The fraction of sp³-hybridized carbons (Fsp3) is 0.276. The van der Waals surface area contributed by atoms with Crippen molar-refractivity contribution in [2.75, 3.05) is 5.32 Å². The normalized spacial score (nSPS) is 15.6. The van der Waals surface area contributed by atoms with Crippen molar-refractivity contribution in [2.45, 2.75) is 45.4 Å². The van der Waals surface area contributed by atoms with Gasteiger partial charge in [0.2, 0.25) is 0 Å². The average molecular weight is 465 g/mol. The number of H-pyrrole nitrogens is 2. The summed E-state index contributed by atoms with van der Waals surface area (Å²) in [5.41, 5.74) is 6.57. The van der Waals surface area contributed by atoms with Crippen LogP contribution >= 0.6 is 0 Å². The van der Waals surface area contributed by atoms with E-state index in [1.54, 1.807) is 6.20 Å². The molecule has 1 saturated carbocycles. The Bertz CT molecular complexity index is 1450. The number of hydrogen-bond donors (Lipinski definition) is 3. The van der Waals surface area contributed by atoms with Crippen LogP contribution in [0.1, 0.15) is 51.0 Å². The quantitative estimate of drug-likeness (QED) is 0.335. The Balaban J connectivity index is 1.40. The largest absolute Gasteiger partial charge is 0.358 e. The van der Waals surface area contributed by atoms with E-state index in [2.05, 4.69) is 61.8 Å². The van der Waals surface area contributed by atoms with Crippen molar-refractivity contribution in [2.24, 2.45) is 5.92 Å². The Morgan fingerprint density at radius 3 is 2.77 bits per heavy atom. The van der Waals surface area contributed by atoms with Gasteiger partial charge in [0, 0.05) is 34.3 Å². The number of nitrogens with zero attached hydrogens (tertiary/aromatic N) is 3. The van der Waals surface area contributed by atoms with Crippen LogP contribution in [0.3, 0.4) is 0 Å². The van der Waals surface area contributed by atoms with Gasteiger partial charge in [0.05, 0.1) is 34.6 Å². The molecular weight excluding hydrogens is 432 g/mol. The third kappa shape index (κ3) is 5.11. The van der Waals surface area contributed by atoms with Crippen molar-refractivity contribution in [3.8, 4) is 11.4 Å². The van der Waals surface area contributed by atoms with Gasteiger partial charge in [-0.1, -0.05) is 51.3 Å². The first kappa shape index (κ1) is 22.8. The zero-order chi connectivity index (χ0) is 24.2. The summed E-state index contributed by atoms with van der Waals surface area (Å²) in [7, 11) is 0. The number of rotatable bonds is 7. The van der Waals surface area contributed by atoms with Crippen molar-refractivity contribution < 1.29 is 0 Å². The molecule has 5 rings (SSSR count). The monoisotopic (exact) mass is 464 g/mol. The highest BCUT2D eigenvalue weighted by atomic mass is 15.1. The maximum Gasteiger partial charge on any atom is 0.116 e. The van der Waals surface area contributed by atoms with Crippen LogP contribution in [0.2, 0.25) is 0 Å². The topological polar surface area (TPSA) is 82.3 Å². The highest BCUT2D eigenvalue weighted by molar-refractivity contribution is 5.90. The third-order valence-electron chi connectivity index (χ3n) is 6.81. The maximum atomic E-state index is 4.59. The molecule has 1 fully saturated rings. The first-order chi connectivity index (χ1) is 17.1. The molecule has 0 atom stereocenters. The van der Waals surface area contributed by atoms with Gasteiger partial charge in [-0.3, -0.25) is 15.1 Å². The molecule has 1 aliphatic rings. The van der Waals surface area contributed by atoms with Gasteiger partial charge >= 0.3 is 0 Å². The van der Waals surface area contributed by atoms with Crippen LogP contribution < -0.4 is 15.9 Å². The summed E-state index contributed by atoms with van der Waals surface area (Å²) >= 11 is 0. The predicted octanol–water partition coefficient (Wildman–Crippen LogP) is 5.54. The SMILES string of the molecule is C=C(CC1CCCCC1)Nc1cncc(C(=C)/C=c2/c(-c3cc4ccncc4[nH]3)n[nH]/c2=C/C)c1. The average Bonchev–Trinajstić information content (AvgIpc) is 3.48. The molecule has 178 valence electrons. The number of hydrogen-bond acceptors (Lipinski definition) is 4. The number of anilines is 1. The third-order valence-corrected chi connectivity index (χ3v) is 6.81. The van der Waals surface area contributed by atoms with E-state index in [9.17, 15) is 0 Å². The summed E-state index contributed by atoms with van der Waals surface area (Å²) < 4.78 is 0. The van der Waals surface area contributed by atoms with E-state index in [1.807, 2.05) is 37.7 Å². The Morgan fingerprint density at radius 2 is 1.97 bits per heavy atom. The van der Waals surface area contributed by atoms with E-state index in [0.29, 0.717) is 0 Å². The van der Waals surface area contributed by atoms with Gasteiger partial charge in [0.1, 0.15) is 5.69 Å². The Labute approximate surface area is 205 Å². The fourth-order valence-corrected chi connectivity index (χ4v) is 4.97. The number of aromatic nitrogens is 5. The van der Waals surface area contributed by atoms with Crippen molar-refractivity contribution in [1.29, 1.82) is 0 Å². The molecule has 6 nitrogen and oxygen atoms in total. The molecule has 0 bridgehead atoms. The lowest BCUT2D eigenvalue weighted by atomic mass is 9.86. The lowest BCUT2D eigenvalue weighted by molar-refractivity contribution is 0.357. The van der Waals surface area contributed by atoms with Crippen LogP contribution in [0.4, 0.5) is 5.69 Å². The maximum absolute atomic E-state index is 4.59. The zero-order valence-corrected chi connectivity index (χ0v) is 20.3. The minimum absolute atomic E-state index is 0.742. The molecule has 1 aliphatic carbocycles. The van der Waals surface area contributed by atoms with Crippen LogP contribution in [0.25, 0.3) is 40.0 Å². The van der Waals surface area contributed by atoms with E-state index in [0.717, 1.165) is 67.7 Å². The number of allylic oxidation sites excluding steroid dienone is 2. The summed E-state index contributed by atoms with van der Waals surface area (Å²) in [6.45, 7) is 10.6. The molecule has 4 heterocycles. The van der Waals surface area contributed by atoms with E-state index >= 15 is 0 Å². The fourth-order valence-electron chi connectivity index (χ4n) is 4.97. The summed E-state index contributed by atoms with van der Waals surface area (Å²) in [6, 6.07) is 6.17. The Morgan fingerprint density at radius 1 is 1.11 bits per heavy atom. The molecule has 6 heteroatoms. The number of pyridine rings is 2. The standard InChI is InChI=1S/C29H32N6/c1-4-26-25(29(35-34-26)27-15-22-10-11-30-18-28(22)33-27)12-19(2)23-14-24(17-31-16-23)32-20(3)13-21-8-6-5-7-9-21/h4,10-12,14-18,21,32-34H,2-3,5-9,13H2,1H3/b25-12+,26-4+. The van der Waals surface area contributed by atoms with E-state index in [4.69, 9.17) is 0 Å². The molecule has 0 aliphatic heterocycles. The highest BCUT2D eigenvalue weighted by Crippen LogP contribution is 2.29. The van der Waals surface area contributed by atoms with Crippen molar-refractivity contribution in [3.63, 3.8) is 0 Å². The molecular formula is C29H32N6. The second-order valence-corrected chi connectivity index (χ2v) is 9.40. The van der Waals surface area contributed by atoms with Crippen LogP contribution in [-0.2, 0) is 0 Å². The summed E-state index contributed by atoms with van der Waals surface area (Å²) in [6.07, 6.45) is 19.1. The lowest BCUT2D eigenvalue weighted by Crippen LogP contribution is -2.23. The van der Waals surface area contributed by atoms with E-state index in [1.165, 1.54) is 32.1 Å². The minimum atomic E-state index is 0.742. The van der Waals surface area contributed by atoms with Crippen molar-refractivity contribution >= 4 is 34.3 Å². The van der Waals surface area contributed by atoms with Crippen LogP contribution in [-0.4, -0.2) is 25.1 Å². The predicted molar refractivity (Wildman–Crippen MR) is 145 cm³/mol. The van der Waals surface area contributed by atoms with Gasteiger partial charge in [-0.15, -0.1) is 0 Å². The second-order valence-electron chi connectivity index (χ2n) is 9.40.